The van der Waals surface area contributed by atoms with Gasteiger partial charge in [0.15, 0.2) is 9.84 Å². The van der Waals surface area contributed by atoms with Crippen LogP contribution >= 0.6 is 0 Å². The van der Waals surface area contributed by atoms with Crippen LogP contribution in [0.2, 0.25) is 0 Å². The van der Waals surface area contributed by atoms with Crippen LogP contribution in [0.25, 0.3) is 33.9 Å². The van der Waals surface area contributed by atoms with Gasteiger partial charge in [-0.3, -0.25) is 0 Å². The molecule has 9 heteroatoms. The van der Waals surface area contributed by atoms with Crippen molar-refractivity contribution in [3.63, 3.8) is 0 Å². The molecule has 0 unspecified atom stereocenters. The number of benzene rings is 3. The van der Waals surface area contributed by atoms with Crippen molar-refractivity contribution in [1.82, 2.24) is 9.97 Å². The number of sulfone groups is 1. The standard InChI is InChI=1S/C23H16F4N2O2S/c1-32(30,31)19-11-7-15(8-12-19)21-20(14-5-9-18(24)10-6-14)28-22(29-21)16-3-2-4-17(13-16)23(25,26)27/h2-13H,1H3,(H,28,29). The number of imidazole rings is 1. The van der Waals surface area contributed by atoms with Gasteiger partial charge in [-0.15, -0.1) is 0 Å². The van der Waals surface area contributed by atoms with Crippen molar-refractivity contribution < 1.29 is 26.0 Å². The van der Waals surface area contributed by atoms with E-state index in [-0.39, 0.29) is 16.3 Å². The quantitative estimate of drug-likeness (QED) is 0.382. The molecule has 0 bridgehead atoms. The van der Waals surface area contributed by atoms with Crippen LogP contribution in [0.5, 0.6) is 0 Å². The molecule has 0 aliphatic rings. The number of halogens is 4. The number of hydrogen-bond donors (Lipinski definition) is 1. The van der Waals surface area contributed by atoms with Crippen LogP contribution in [0.15, 0.2) is 77.7 Å². The maximum atomic E-state index is 13.4. The maximum Gasteiger partial charge on any atom is 0.416 e. The Morgan fingerprint density at radius 3 is 2.06 bits per heavy atom. The van der Waals surface area contributed by atoms with Crippen molar-refractivity contribution in [3.8, 4) is 33.9 Å². The van der Waals surface area contributed by atoms with E-state index in [0.717, 1.165) is 18.4 Å². The van der Waals surface area contributed by atoms with Gasteiger partial charge in [-0.25, -0.2) is 17.8 Å². The minimum atomic E-state index is -4.51. The zero-order valence-electron chi connectivity index (χ0n) is 16.6. The van der Waals surface area contributed by atoms with Crippen LogP contribution in [0, 0.1) is 5.82 Å². The van der Waals surface area contributed by atoms with E-state index in [1.165, 1.54) is 48.5 Å². The summed E-state index contributed by atoms with van der Waals surface area (Å²) in [6, 6.07) is 16.3. The molecule has 0 saturated heterocycles. The highest BCUT2D eigenvalue weighted by Crippen LogP contribution is 2.36. The summed E-state index contributed by atoms with van der Waals surface area (Å²) in [4.78, 5) is 7.66. The third-order valence-corrected chi connectivity index (χ3v) is 5.98. The second-order valence-electron chi connectivity index (χ2n) is 7.19. The van der Waals surface area contributed by atoms with E-state index in [1.54, 1.807) is 12.1 Å². The molecular weight excluding hydrogens is 444 g/mol. The van der Waals surface area contributed by atoms with E-state index in [1.807, 2.05) is 0 Å². The predicted molar refractivity (Wildman–Crippen MR) is 113 cm³/mol. The molecule has 1 aromatic heterocycles. The largest absolute Gasteiger partial charge is 0.416 e. The molecule has 0 fully saturated rings. The van der Waals surface area contributed by atoms with E-state index >= 15 is 0 Å². The molecule has 0 amide bonds. The van der Waals surface area contributed by atoms with Crippen molar-refractivity contribution in [3.05, 3.63) is 84.2 Å². The van der Waals surface area contributed by atoms with Gasteiger partial charge in [0.25, 0.3) is 0 Å². The van der Waals surface area contributed by atoms with Crippen LogP contribution in [0.3, 0.4) is 0 Å². The second-order valence-corrected chi connectivity index (χ2v) is 9.21. The summed E-state index contributed by atoms with van der Waals surface area (Å²) < 4.78 is 76.4. The number of nitrogens with one attached hydrogen (secondary N) is 1. The van der Waals surface area contributed by atoms with Crippen molar-refractivity contribution in [2.24, 2.45) is 0 Å². The maximum absolute atomic E-state index is 13.4. The minimum Gasteiger partial charge on any atom is -0.337 e. The van der Waals surface area contributed by atoms with Crippen molar-refractivity contribution in [2.45, 2.75) is 11.1 Å². The first-order valence-electron chi connectivity index (χ1n) is 9.36. The van der Waals surface area contributed by atoms with E-state index in [9.17, 15) is 26.0 Å². The SMILES string of the molecule is CS(=O)(=O)c1ccc(-c2nc(-c3cccc(C(F)(F)F)c3)[nH]c2-c2ccc(F)cc2)cc1. The molecule has 4 nitrogen and oxygen atoms in total. The van der Waals surface area contributed by atoms with Crippen LogP contribution in [-0.4, -0.2) is 24.6 Å². The number of nitrogens with zero attached hydrogens (tertiary/aromatic N) is 1. The Bertz CT molecular complexity index is 1380. The number of rotatable bonds is 4. The lowest BCUT2D eigenvalue weighted by atomic mass is 10.1. The molecule has 0 saturated carbocycles. The van der Waals surface area contributed by atoms with Gasteiger partial charge in [0.05, 0.1) is 21.8 Å². The first kappa shape index (κ1) is 21.8. The average Bonchev–Trinajstić information content (AvgIpc) is 3.19. The highest BCUT2D eigenvalue weighted by molar-refractivity contribution is 7.90. The molecular formula is C23H16F4N2O2S. The first-order valence-corrected chi connectivity index (χ1v) is 11.3. The number of H-pyrrole nitrogens is 1. The normalized spacial score (nSPS) is 12.2. The Kier molecular flexibility index (Phi) is 5.37. The molecule has 0 aliphatic carbocycles. The monoisotopic (exact) mass is 460 g/mol. The highest BCUT2D eigenvalue weighted by atomic mass is 32.2. The van der Waals surface area contributed by atoms with E-state index < -0.39 is 27.4 Å². The molecule has 0 spiro atoms. The summed E-state index contributed by atoms with van der Waals surface area (Å²) in [5.41, 5.74) is 1.38. The van der Waals surface area contributed by atoms with Crippen molar-refractivity contribution >= 4 is 9.84 Å². The zero-order valence-corrected chi connectivity index (χ0v) is 17.4. The summed E-state index contributed by atoms with van der Waals surface area (Å²) in [7, 11) is -3.40. The van der Waals surface area contributed by atoms with Gasteiger partial charge < -0.3 is 4.98 Å². The van der Waals surface area contributed by atoms with Crippen molar-refractivity contribution in [2.75, 3.05) is 6.26 Å². The fourth-order valence-corrected chi connectivity index (χ4v) is 3.88. The van der Waals surface area contributed by atoms with Crippen LogP contribution < -0.4 is 0 Å². The van der Waals surface area contributed by atoms with Gasteiger partial charge in [-0.05, 0) is 48.5 Å². The highest BCUT2D eigenvalue weighted by Gasteiger charge is 2.30. The van der Waals surface area contributed by atoms with Gasteiger partial charge in [0, 0.05) is 22.9 Å². The van der Waals surface area contributed by atoms with E-state index in [0.29, 0.717) is 22.5 Å². The summed E-state index contributed by atoms with van der Waals surface area (Å²) in [6.07, 6.45) is -3.42. The van der Waals surface area contributed by atoms with Crippen LogP contribution in [-0.2, 0) is 16.0 Å². The summed E-state index contributed by atoms with van der Waals surface area (Å²) in [5, 5.41) is 0. The Balaban J connectivity index is 1.87. The zero-order chi connectivity index (χ0) is 23.1. The Morgan fingerprint density at radius 2 is 1.47 bits per heavy atom. The lowest BCUT2D eigenvalue weighted by Gasteiger charge is -2.07. The molecule has 0 aliphatic heterocycles. The van der Waals surface area contributed by atoms with Crippen molar-refractivity contribution in [1.29, 1.82) is 0 Å². The first-order chi connectivity index (χ1) is 15.0. The van der Waals surface area contributed by atoms with Crippen LogP contribution in [0.1, 0.15) is 5.56 Å². The van der Waals surface area contributed by atoms with Gasteiger partial charge in [0.1, 0.15) is 11.6 Å². The molecule has 164 valence electrons. The summed E-state index contributed by atoms with van der Waals surface area (Å²) in [5.74, 6) is -0.247. The predicted octanol–water partition coefficient (Wildman–Crippen LogP) is 5.97. The van der Waals surface area contributed by atoms with Crippen LogP contribution in [0.4, 0.5) is 17.6 Å². The molecule has 3 aromatic carbocycles. The topological polar surface area (TPSA) is 62.8 Å². The number of hydrogen-bond acceptors (Lipinski definition) is 3. The molecule has 0 radical (unpaired) electrons. The number of aromatic amines is 1. The molecule has 4 rings (SSSR count). The van der Waals surface area contributed by atoms with E-state index in [4.69, 9.17) is 0 Å². The Morgan fingerprint density at radius 1 is 0.844 bits per heavy atom. The Hall–Kier alpha value is -3.46. The summed E-state index contributed by atoms with van der Waals surface area (Å²) in [6.45, 7) is 0. The molecule has 4 aromatic rings. The fourth-order valence-electron chi connectivity index (χ4n) is 3.25. The van der Waals surface area contributed by atoms with E-state index in [2.05, 4.69) is 9.97 Å². The van der Waals surface area contributed by atoms with Gasteiger partial charge in [0.2, 0.25) is 0 Å². The lowest BCUT2D eigenvalue weighted by Crippen LogP contribution is -2.04. The third kappa shape index (κ3) is 4.43. The smallest absolute Gasteiger partial charge is 0.337 e. The average molecular weight is 460 g/mol. The fraction of sp³-hybridized carbons (Fsp3) is 0.0870. The lowest BCUT2D eigenvalue weighted by molar-refractivity contribution is -0.137. The second kappa shape index (κ2) is 7.90. The summed E-state index contributed by atoms with van der Waals surface area (Å²) >= 11 is 0. The Labute approximate surface area is 181 Å². The van der Waals surface area contributed by atoms with Gasteiger partial charge >= 0.3 is 6.18 Å². The van der Waals surface area contributed by atoms with Gasteiger partial charge in [-0.1, -0.05) is 24.3 Å². The molecule has 32 heavy (non-hydrogen) atoms. The molecule has 1 N–H and O–H groups in total. The number of alkyl halides is 3. The number of aromatic nitrogens is 2. The third-order valence-electron chi connectivity index (χ3n) is 4.86. The molecule has 1 heterocycles. The minimum absolute atomic E-state index is 0.123. The van der Waals surface area contributed by atoms with Gasteiger partial charge in [-0.2, -0.15) is 13.2 Å². The molecule has 0 atom stereocenters.